The number of pyridine rings is 2. The van der Waals surface area contributed by atoms with E-state index in [-0.39, 0.29) is 5.60 Å². The average molecular weight is 292 g/mol. The van der Waals surface area contributed by atoms with Crippen LogP contribution >= 0.6 is 11.6 Å². The zero-order valence-electron chi connectivity index (χ0n) is 11.2. The lowest BCUT2D eigenvalue weighted by molar-refractivity contribution is 0.0179. The summed E-state index contributed by atoms with van der Waals surface area (Å²) in [5.74, 6) is 1.10. The third kappa shape index (κ3) is 2.36. The summed E-state index contributed by atoms with van der Waals surface area (Å²) in [6.45, 7) is 4.38. The van der Waals surface area contributed by atoms with E-state index in [1.165, 1.54) is 0 Å². The summed E-state index contributed by atoms with van der Waals surface area (Å²) in [6.07, 6.45) is 1.60. The molecule has 0 fully saturated rings. The molecular formula is C14H14ClN3O2. The predicted octanol–water partition coefficient (Wildman–Crippen LogP) is 2.93. The number of halogens is 1. The van der Waals surface area contributed by atoms with E-state index >= 15 is 0 Å². The normalized spacial score (nSPS) is 15.9. The first kappa shape index (κ1) is 13.0. The highest BCUT2D eigenvalue weighted by atomic mass is 35.5. The number of fused-ring (bicyclic) bond motifs is 1. The van der Waals surface area contributed by atoms with E-state index in [0.29, 0.717) is 40.3 Å². The van der Waals surface area contributed by atoms with Crippen molar-refractivity contribution in [2.24, 2.45) is 0 Å². The monoisotopic (exact) mass is 291 g/mol. The molecule has 0 atom stereocenters. The fourth-order valence-corrected chi connectivity index (χ4v) is 2.15. The molecule has 0 spiro atoms. The molecule has 20 heavy (non-hydrogen) atoms. The zero-order valence-corrected chi connectivity index (χ0v) is 11.9. The van der Waals surface area contributed by atoms with Crippen LogP contribution in [0.3, 0.4) is 0 Å². The summed E-state index contributed by atoms with van der Waals surface area (Å²) < 4.78 is 11.4. The molecule has 3 heterocycles. The molecule has 3 rings (SSSR count). The molecule has 2 N–H and O–H groups in total. The fourth-order valence-electron chi connectivity index (χ4n) is 1.99. The van der Waals surface area contributed by atoms with Crippen LogP contribution in [0, 0.1) is 0 Å². The third-order valence-electron chi connectivity index (χ3n) is 2.95. The van der Waals surface area contributed by atoms with Crippen molar-refractivity contribution in [3.8, 4) is 22.9 Å². The largest absolute Gasteiger partial charge is 0.479 e. The lowest BCUT2D eigenvalue weighted by Crippen LogP contribution is -2.39. The summed E-state index contributed by atoms with van der Waals surface area (Å²) in [4.78, 5) is 8.45. The van der Waals surface area contributed by atoms with E-state index in [1.807, 2.05) is 26.0 Å². The Kier molecular flexibility index (Phi) is 2.94. The Morgan fingerprint density at radius 3 is 2.90 bits per heavy atom. The Balaban J connectivity index is 2.01. The van der Waals surface area contributed by atoms with Gasteiger partial charge in [0.25, 0.3) is 5.88 Å². The second-order valence-electron chi connectivity index (χ2n) is 5.24. The highest BCUT2D eigenvalue weighted by Crippen LogP contribution is 2.36. The van der Waals surface area contributed by atoms with Crippen molar-refractivity contribution in [2.75, 3.05) is 12.3 Å². The Morgan fingerprint density at radius 2 is 2.15 bits per heavy atom. The van der Waals surface area contributed by atoms with Gasteiger partial charge in [-0.15, -0.1) is 0 Å². The van der Waals surface area contributed by atoms with Crippen LogP contribution in [0.4, 0.5) is 5.69 Å². The van der Waals surface area contributed by atoms with Gasteiger partial charge in [0.1, 0.15) is 17.4 Å². The summed E-state index contributed by atoms with van der Waals surface area (Å²) in [5, 5.41) is 0.352. The van der Waals surface area contributed by atoms with Crippen LogP contribution in [-0.4, -0.2) is 22.2 Å². The van der Waals surface area contributed by atoms with Crippen LogP contribution < -0.4 is 15.2 Å². The summed E-state index contributed by atoms with van der Waals surface area (Å²) >= 11 is 5.79. The maximum absolute atomic E-state index is 5.94. The van der Waals surface area contributed by atoms with Crippen LogP contribution in [0.15, 0.2) is 24.4 Å². The summed E-state index contributed by atoms with van der Waals surface area (Å²) in [6, 6.07) is 5.25. The Morgan fingerprint density at radius 1 is 1.35 bits per heavy atom. The lowest BCUT2D eigenvalue weighted by atomic mass is 10.1. The van der Waals surface area contributed by atoms with Gasteiger partial charge in [-0.3, -0.25) is 0 Å². The molecule has 0 aliphatic carbocycles. The highest BCUT2D eigenvalue weighted by molar-refractivity contribution is 6.29. The maximum Gasteiger partial charge on any atom is 0.257 e. The number of nitrogen functional groups attached to an aromatic ring is 1. The van der Waals surface area contributed by atoms with Crippen LogP contribution in [0.1, 0.15) is 13.8 Å². The number of nitrogens with two attached hydrogens (primary N) is 1. The minimum absolute atomic E-state index is 0.350. The maximum atomic E-state index is 5.94. The van der Waals surface area contributed by atoms with E-state index < -0.39 is 0 Å². The topological polar surface area (TPSA) is 70.3 Å². The van der Waals surface area contributed by atoms with Crippen molar-refractivity contribution in [3.63, 3.8) is 0 Å². The first-order valence-electron chi connectivity index (χ1n) is 6.19. The standard InChI is InChI=1S/C14H14ClN3O2/c1-14(2)7-19-13-11(20-14)4-3-10(18-13)8-6-17-12(15)5-9(8)16/h3-6H,7H2,1-2H3,(H2,16,17). The van der Waals surface area contributed by atoms with Gasteiger partial charge in [-0.2, -0.15) is 0 Å². The summed E-state index contributed by atoms with van der Waals surface area (Å²) in [5.41, 5.74) is 7.50. The molecule has 6 heteroatoms. The smallest absolute Gasteiger partial charge is 0.257 e. The Bertz CT molecular complexity index is 673. The molecule has 0 bridgehead atoms. The number of ether oxygens (including phenoxy) is 2. The molecule has 2 aromatic rings. The molecule has 104 valence electrons. The molecule has 0 amide bonds. The van der Waals surface area contributed by atoms with Crippen molar-refractivity contribution in [2.45, 2.75) is 19.4 Å². The van der Waals surface area contributed by atoms with Crippen LogP contribution in [0.2, 0.25) is 5.15 Å². The predicted molar refractivity (Wildman–Crippen MR) is 77.1 cm³/mol. The minimum Gasteiger partial charge on any atom is -0.479 e. The summed E-state index contributed by atoms with van der Waals surface area (Å²) in [7, 11) is 0. The fraction of sp³-hybridized carbons (Fsp3) is 0.286. The van der Waals surface area contributed by atoms with E-state index in [1.54, 1.807) is 12.3 Å². The first-order chi connectivity index (χ1) is 9.44. The minimum atomic E-state index is -0.350. The van der Waals surface area contributed by atoms with Crippen LogP contribution in [0.5, 0.6) is 11.6 Å². The highest BCUT2D eigenvalue weighted by Gasteiger charge is 2.29. The Labute approximate surface area is 121 Å². The van der Waals surface area contributed by atoms with Gasteiger partial charge in [0.05, 0.1) is 5.69 Å². The van der Waals surface area contributed by atoms with E-state index in [2.05, 4.69) is 9.97 Å². The number of nitrogens with zero attached hydrogens (tertiary/aromatic N) is 2. The molecule has 2 aromatic heterocycles. The van der Waals surface area contributed by atoms with E-state index in [4.69, 9.17) is 26.8 Å². The van der Waals surface area contributed by atoms with Gasteiger partial charge in [0.15, 0.2) is 5.75 Å². The Hall–Kier alpha value is -2.01. The molecular weight excluding hydrogens is 278 g/mol. The number of aromatic nitrogens is 2. The molecule has 0 saturated carbocycles. The van der Waals surface area contributed by atoms with Gasteiger partial charge in [-0.05, 0) is 32.0 Å². The first-order valence-corrected chi connectivity index (χ1v) is 6.57. The number of anilines is 1. The van der Waals surface area contributed by atoms with Crippen molar-refractivity contribution in [1.82, 2.24) is 9.97 Å². The van der Waals surface area contributed by atoms with Gasteiger partial charge >= 0.3 is 0 Å². The number of hydrogen-bond donors (Lipinski definition) is 1. The van der Waals surface area contributed by atoms with Gasteiger partial charge < -0.3 is 15.2 Å². The molecule has 1 aliphatic heterocycles. The number of rotatable bonds is 1. The van der Waals surface area contributed by atoms with Gasteiger partial charge in [0.2, 0.25) is 0 Å². The van der Waals surface area contributed by atoms with Crippen molar-refractivity contribution < 1.29 is 9.47 Å². The average Bonchev–Trinajstić information content (AvgIpc) is 2.37. The van der Waals surface area contributed by atoms with Crippen LogP contribution in [0.25, 0.3) is 11.3 Å². The molecule has 0 saturated heterocycles. The second-order valence-corrected chi connectivity index (χ2v) is 5.63. The zero-order chi connectivity index (χ0) is 14.3. The molecule has 0 unspecified atom stereocenters. The van der Waals surface area contributed by atoms with Crippen LogP contribution in [-0.2, 0) is 0 Å². The second kappa shape index (κ2) is 4.52. The lowest BCUT2D eigenvalue weighted by Gasteiger charge is -2.31. The van der Waals surface area contributed by atoms with E-state index in [9.17, 15) is 0 Å². The van der Waals surface area contributed by atoms with Gasteiger partial charge in [-0.25, -0.2) is 9.97 Å². The van der Waals surface area contributed by atoms with Crippen molar-refractivity contribution in [3.05, 3.63) is 29.5 Å². The van der Waals surface area contributed by atoms with Crippen molar-refractivity contribution in [1.29, 1.82) is 0 Å². The molecule has 0 aromatic carbocycles. The molecule has 5 nitrogen and oxygen atoms in total. The number of hydrogen-bond acceptors (Lipinski definition) is 5. The third-order valence-corrected chi connectivity index (χ3v) is 3.15. The van der Waals surface area contributed by atoms with E-state index in [0.717, 1.165) is 0 Å². The van der Waals surface area contributed by atoms with Gasteiger partial charge in [0, 0.05) is 17.4 Å². The molecule has 0 radical (unpaired) electrons. The quantitative estimate of drug-likeness (QED) is 0.818. The van der Waals surface area contributed by atoms with Crippen molar-refractivity contribution >= 4 is 17.3 Å². The molecule has 1 aliphatic rings. The van der Waals surface area contributed by atoms with Gasteiger partial charge in [-0.1, -0.05) is 11.6 Å². The SMILES string of the molecule is CC1(C)COc2nc(-c3cnc(Cl)cc3N)ccc2O1.